The second-order valence-electron chi connectivity index (χ2n) is 8.87. The van der Waals surface area contributed by atoms with Gasteiger partial charge in [-0.1, -0.05) is 17.7 Å². The van der Waals surface area contributed by atoms with Gasteiger partial charge in [0, 0.05) is 31.2 Å². The van der Waals surface area contributed by atoms with Gasteiger partial charge in [-0.2, -0.15) is 4.98 Å². The van der Waals surface area contributed by atoms with Gasteiger partial charge >= 0.3 is 0 Å². The molecule has 180 valence electrons. The number of rotatable bonds is 6. The van der Waals surface area contributed by atoms with Crippen LogP contribution in [0.3, 0.4) is 0 Å². The fourth-order valence-corrected chi connectivity index (χ4v) is 4.93. The number of halogens is 2. The van der Waals surface area contributed by atoms with Gasteiger partial charge in [0.1, 0.15) is 11.3 Å². The zero-order chi connectivity index (χ0) is 23.7. The monoisotopic (exact) mass is 487 g/mol. The second-order valence-corrected chi connectivity index (χ2v) is 9.25. The van der Waals surface area contributed by atoms with Crippen molar-refractivity contribution in [1.82, 2.24) is 19.5 Å². The van der Waals surface area contributed by atoms with E-state index >= 15 is 0 Å². The van der Waals surface area contributed by atoms with Gasteiger partial charge in [0.2, 0.25) is 17.8 Å². The van der Waals surface area contributed by atoms with Crippen molar-refractivity contribution in [2.75, 3.05) is 23.8 Å². The van der Waals surface area contributed by atoms with E-state index < -0.39 is 5.82 Å². The Morgan fingerprint density at radius 3 is 2.65 bits per heavy atom. The molecule has 2 aromatic heterocycles. The number of carbonyl (C=O) groups excluding carboxylic acids is 1. The summed E-state index contributed by atoms with van der Waals surface area (Å²) in [5.41, 5.74) is 7.23. The van der Waals surface area contributed by atoms with Gasteiger partial charge < -0.3 is 21.1 Å². The first-order valence-corrected chi connectivity index (χ1v) is 12.0. The molecule has 2 fully saturated rings. The van der Waals surface area contributed by atoms with Gasteiger partial charge in [0.15, 0.2) is 5.65 Å². The Kier molecular flexibility index (Phi) is 6.51. The molecule has 9 nitrogen and oxygen atoms in total. The van der Waals surface area contributed by atoms with Crippen LogP contribution in [0.15, 0.2) is 24.4 Å². The fourth-order valence-electron chi connectivity index (χ4n) is 4.76. The molecule has 1 aromatic carbocycles. The van der Waals surface area contributed by atoms with Gasteiger partial charge in [0.05, 0.1) is 16.9 Å². The first-order chi connectivity index (χ1) is 16.5. The number of aromatic nitrogens is 4. The number of imidazole rings is 1. The van der Waals surface area contributed by atoms with Crippen LogP contribution in [0, 0.1) is 11.7 Å². The lowest BCUT2D eigenvalue weighted by atomic mass is 9.85. The van der Waals surface area contributed by atoms with Crippen LogP contribution in [0.5, 0.6) is 0 Å². The molecule has 1 saturated carbocycles. The number of nitrogens with two attached hydrogens (primary N) is 1. The summed E-state index contributed by atoms with van der Waals surface area (Å²) < 4.78 is 21.5. The van der Waals surface area contributed by atoms with E-state index in [1.54, 1.807) is 18.3 Å². The number of hydrogen-bond acceptors (Lipinski definition) is 7. The van der Waals surface area contributed by atoms with Crippen molar-refractivity contribution in [1.29, 1.82) is 0 Å². The lowest BCUT2D eigenvalue weighted by Crippen LogP contribution is -2.29. The number of hydrogen-bond donors (Lipinski definition) is 3. The van der Waals surface area contributed by atoms with Crippen molar-refractivity contribution in [3.8, 4) is 0 Å². The number of carbonyl (C=O) groups is 1. The Morgan fingerprint density at radius 2 is 1.91 bits per heavy atom. The number of nitrogens with zero attached hydrogens (tertiary/aromatic N) is 4. The van der Waals surface area contributed by atoms with Crippen LogP contribution in [0.2, 0.25) is 5.02 Å². The quantitative estimate of drug-likeness (QED) is 0.477. The summed E-state index contributed by atoms with van der Waals surface area (Å²) in [5, 5.41) is 6.58. The summed E-state index contributed by atoms with van der Waals surface area (Å²) in [4.78, 5) is 25.6. The summed E-state index contributed by atoms with van der Waals surface area (Å²) in [5.74, 6) is 0.132. The third kappa shape index (κ3) is 4.65. The van der Waals surface area contributed by atoms with Crippen molar-refractivity contribution in [3.05, 3.63) is 35.2 Å². The number of fused-ring (bicyclic) bond motifs is 1. The van der Waals surface area contributed by atoms with Crippen LogP contribution in [0.25, 0.3) is 11.2 Å². The highest BCUT2D eigenvalue weighted by Crippen LogP contribution is 2.38. The molecule has 1 aliphatic heterocycles. The summed E-state index contributed by atoms with van der Waals surface area (Å²) in [6.45, 7) is 1.42. The first kappa shape index (κ1) is 22.8. The van der Waals surface area contributed by atoms with Crippen LogP contribution in [0.1, 0.15) is 44.6 Å². The Balaban J connectivity index is 1.51. The maximum absolute atomic E-state index is 14.1. The molecule has 0 unspecified atom stereocenters. The van der Waals surface area contributed by atoms with Gasteiger partial charge in [0.25, 0.3) is 0 Å². The number of anilines is 3. The molecule has 5 rings (SSSR count). The topological polar surface area (TPSA) is 120 Å². The highest BCUT2D eigenvalue weighted by atomic mass is 35.5. The Hall–Kier alpha value is -2.98. The van der Waals surface area contributed by atoms with E-state index in [2.05, 4.69) is 15.6 Å². The van der Waals surface area contributed by atoms with Gasteiger partial charge in [-0.15, -0.1) is 0 Å². The van der Waals surface area contributed by atoms with E-state index in [1.807, 2.05) is 4.57 Å². The van der Waals surface area contributed by atoms with Crippen molar-refractivity contribution in [2.24, 2.45) is 11.7 Å². The van der Waals surface area contributed by atoms with Crippen molar-refractivity contribution < 1.29 is 13.9 Å². The second kappa shape index (κ2) is 9.71. The lowest BCUT2D eigenvalue weighted by Gasteiger charge is -2.29. The third-order valence-corrected chi connectivity index (χ3v) is 7.03. The molecule has 3 aromatic rings. The van der Waals surface area contributed by atoms with E-state index in [1.165, 1.54) is 6.07 Å². The maximum atomic E-state index is 14.1. The number of primary amides is 1. The average molecular weight is 488 g/mol. The number of benzene rings is 1. The minimum absolute atomic E-state index is 0.00787. The van der Waals surface area contributed by atoms with Gasteiger partial charge in [-0.25, -0.2) is 14.4 Å². The molecule has 2 aliphatic rings. The molecule has 1 amide bonds. The molecule has 0 bridgehead atoms. The smallest absolute Gasteiger partial charge is 0.224 e. The molecule has 0 radical (unpaired) electrons. The number of ether oxygens (including phenoxy) is 1. The van der Waals surface area contributed by atoms with E-state index in [9.17, 15) is 9.18 Å². The summed E-state index contributed by atoms with van der Waals surface area (Å²) in [6, 6.07) is 4.88. The van der Waals surface area contributed by atoms with E-state index in [4.69, 9.17) is 32.0 Å². The predicted octanol–water partition coefficient (Wildman–Crippen LogP) is 4.17. The normalized spacial score (nSPS) is 21.5. The SMILES string of the molecule is NC(=O)[C@H]1CC[C@H](n2c(Nc3cccc(F)c3Cl)nc3cnc(NC4CCOCC4)nc32)CC1. The molecular weight excluding hydrogens is 461 g/mol. The lowest BCUT2D eigenvalue weighted by molar-refractivity contribution is -0.122. The van der Waals surface area contributed by atoms with Crippen LogP contribution in [-0.4, -0.2) is 44.7 Å². The minimum Gasteiger partial charge on any atom is -0.381 e. The van der Waals surface area contributed by atoms with Gasteiger partial charge in [-0.3, -0.25) is 9.36 Å². The van der Waals surface area contributed by atoms with Crippen molar-refractivity contribution >= 4 is 46.3 Å². The highest BCUT2D eigenvalue weighted by Gasteiger charge is 2.29. The van der Waals surface area contributed by atoms with E-state index in [-0.39, 0.29) is 28.9 Å². The van der Waals surface area contributed by atoms with Crippen LogP contribution in [-0.2, 0) is 9.53 Å². The van der Waals surface area contributed by atoms with Gasteiger partial charge in [-0.05, 0) is 50.7 Å². The first-order valence-electron chi connectivity index (χ1n) is 11.6. The molecule has 0 atom stereocenters. The van der Waals surface area contributed by atoms with E-state index in [0.717, 1.165) is 25.7 Å². The number of amides is 1. The average Bonchev–Trinajstić information content (AvgIpc) is 3.20. The Morgan fingerprint density at radius 1 is 1.15 bits per heavy atom. The standard InChI is InChI=1S/C23H27ClFN7O2/c24-19-16(25)2-1-3-17(19)29-23-30-18-12-27-22(28-14-8-10-34-11-9-14)31-21(18)32(23)15-6-4-13(5-7-15)20(26)33/h1-3,12-15H,4-11H2,(H2,26,33)(H,29,30)(H,27,28,31)/t13-,15-. The molecule has 11 heteroatoms. The summed E-state index contributed by atoms with van der Waals surface area (Å²) in [6.07, 6.45) is 6.35. The largest absolute Gasteiger partial charge is 0.381 e. The number of nitrogens with one attached hydrogen (secondary N) is 2. The molecule has 34 heavy (non-hydrogen) atoms. The molecular formula is C23H27ClFN7O2. The fraction of sp³-hybridized carbons (Fsp3) is 0.478. The maximum Gasteiger partial charge on any atom is 0.224 e. The molecule has 0 spiro atoms. The Labute approximate surface area is 201 Å². The minimum atomic E-state index is -0.515. The zero-order valence-electron chi connectivity index (χ0n) is 18.6. The zero-order valence-corrected chi connectivity index (χ0v) is 19.4. The Bertz CT molecular complexity index is 1190. The van der Waals surface area contributed by atoms with Crippen LogP contribution < -0.4 is 16.4 Å². The molecule has 1 saturated heterocycles. The van der Waals surface area contributed by atoms with Crippen LogP contribution >= 0.6 is 11.6 Å². The van der Waals surface area contributed by atoms with Crippen molar-refractivity contribution in [2.45, 2.75) is 50.6 Å². The third-order valence-electron chi connectivity index (χ3n) is 6.65. The molecule has 1 aliphatic carbocycles. The predicted molar refractivity (Wildman–Crippen MR) is 128 cm³/mol. The van der Waals surface area contributed by atoms with Crippen molar-refractivity contribution in [3.63, 3.8) is 0 Å². The molecule has 4 N–H and O–H groups in total. The van der Waals surface area contributed by atoms with E-state index in [0.29, 0.717) is 54.8 Å². The molecule has 3 heterocycles. The highest BCUT2D eigenvalue weighted by molar-refractivity contribution is 6.33. The van der Waals surface area contributed by atoms with Crippen LogP contribution in [0.4, 0.5) is 22.0 Å². The summed E-state index contributed by atoms with van der Waals surface area (Å²) >= 11 is 6.19. The summed E-state index contributed by atoms with van der Waals surface area (Å²) in [7, 11) is 0.